The number of hydrogen-bond donors (Lipinski definition) is 2. The highest BCUT2D eigenvalue weighted by Gasteiger charge is 2.11. The molecule has 2 rings (SSSR count). The molecule has 150 valence electrons. The maximum atomic E-state index is 11.6. The lowest BCUT2D eigenvalue weighted by Gasteiger charge is -2.12. The molecule has 0 bridgehead atoms. The Morgan fingerprint density at radius 3 is 2.33 bits per heavy atom. The second-order valence-corrected chi connectivity index (χ2v) is 7.40. The number of hydrogen-bond acceptors (Lipinski definition) is 5. The number of primary sulfonamides is 1. The summed E-state index contributed by atoms with van der Waals surface area (Å²) in [4.78, 5) is 0.186. The molecule has 8 heteroatoms. The van der Waals surface area contributed by atoms with Gasteiger partial charge in [-0.3, -0.25) is 0 Å². The van der Waals surface area contributed by atoms with Crippen LogP contribution in [0.15, 0.2) is 47.4 Å². The Labute approximate surface area is 167 Å². The van der Waals surface area contributed by atoms with Crippen molar-refractivity contribution in [2.75, 3.05) is 26.3 Å². The summed E-state index contributed by atoms with van der Waals surface area (Å²) >= 11 is 0. The van der Waals surface area contributed by atoms with E-state index in [9.17, 15) is 8.42 Å². The van der Waals surface area contributed by atoms with E-state index in [2.05, 4.69) is 5.32 Å². The fourth-order valence-electron chi connectivity index (χ4n) is 2.54. The first-order valence-corrected chi connectivity index (χ1v) is 10.1. The van der Waals surface area contributed by atoms with E-state index in [1.165, 1.54) is 0 Å². The van der Waals surface area contributed by atoms with Gasteiger partial charge >= 0.3 is 0 Å². The third kappa shape index (κ3) is 7.38. The van der Waals surface area contributed by atoms with Crippen LogP contribution in [0.3, 0.4) is 0 Å². The fourth-order valence-corrected chi connectivity index (χ4v) is 3.37. The molecule has 0 saturated carbocycles. The minimum atomic E-state index is -3.69. The van der Waals surface area contributed by atoms with E-state index in [4.69, 9.17) is 14.6 Å². The third-order valence-electron chi connectivity index (χ3n) is 3.83. The second kappa shape index (κ2) is 11.1. The molecule has 0 aromatic heterocycles. The molecule has 0 heterocycles. The summed E-state index contributed by atoms with van der Waals surface area (Å²) in [6.45, 7) is 6.16. The molecule has 0 saturated heterocycles. The van der Waals surface area contributed by atoms with Crippen LogP contribution in [-0.2, 0) is 16.4 Å². The van der Waals surface area contributed by atoms with Crippen molar-refractivity contribution in [3.63, 3.8) is 0 Å². The summed E-state index contributed by atoms with van der Waals surface area (Å²) in [5.74, 6) is 1.47. The predicted octanol–water partition coefficient (Wildman–Crippen LogP) is 2.67. The van der Waals surface area contributed by atoms with Crippen molar-refractivity contribution in [1.29, 1.82) is 0 Å². The van der Waals surface area contributed by atoms with E-state index >= 15 is 0 Å². The number of para-hydroxylation sites is 2. The van der Waals surface area contributed by atoms with Gasteiger partial charge in [0.1, 0.15) is 6.61 Å². The van der Waals surface area contributed by atoms with Crippen molar-refractivity contribution in [2.45, 2.75) is 25.2 Å². The quantitative estimate of drug-likeness (QED) is 0.583. The summed E-state index contributed by atoms with van der Waals surface area (Å²) in [6.07, 6.45) is 0.707. The predicted molar refractivity (Wildman–Crippen MR) is 109 cm³/mol. The Morgan fingerprint density at radius 1 is 1.04 bits per heavy atom. The monoisotopic (exact) mass is 414 g/mol. The van der Waals surface area contributed by atoms with E-state index in [0.717, 1.165) is 17.1 Å². The molecular weight excluding hydrogens is 388 g/mol. The van der Waals surface area contributed by atoms with E-state index in [0.29, 0.717) is 38.3 Å². The molecule has 6 nitrogen and oxygen atoms in total. The third-order valence-corrected chi connectivity index (χ3v) is 4.89. The van der Waals surface area contributed by atoms with E-state index in [1.54, 1.807) is 19.1 Å². The van der Waals surface area contributed by atoms with E-state index in [-0.39, 0.29) is 17.3 Å². The zero-order chi connectivity index (χ0) is 19.0. The molecule has 0 unspecified atom stereocenters. The molecular formula is C19H27ClN2O4S. The largest absolute Gasteiger partial charge is 0.490 e. The van der Waals surface area contributed by atoms with Crippen LogP contribution < -0.4 is 19.9 Å². The molecule has 0 radical (unpaired) electrons. The highest BCUT2D eigenvalue weighted by atomic mass is 35.5. The van der Waals surface area contributed by atoms with Gasteiger partial charge in [-0.2, -0.15) is 0 Å². The zero-order valence-electron chi connectivity index (χ0n) is 15.6. The molecule has 0 amide bonds. The number of aryl methyl sites for hydroxylation is 1. The Bertz CT molecular complexity index is 828. The van der Waals surface area contributed by atoms with E-state index in [1.807, 2.05) is 37.3 Å². The molecule has 0 aliphatic rings. The van der Waals surface area contributed by atoms with Gasteiger partial charge < -0.3 is 14.8 Å². The van der Waals surface area contributed by atoms with Gasteiger partial charge in [-0.25, -0.2) is 13.6 Å². The number of ether oxygens (including phenoxy) is 2. The maximum Gasteiger partial charge on any atom is 0.238 e. The lowest BCUT2D eigenvalue weighted by Crippen LogP contribution is -2.23. The van der Waals surface area contributed by atoms with Gasteiger partial charge in [-0.1, -0.05) is 24.3 Å². The van der Waals surface area contributed by atoms with Gasteiger partial charge in [0.05, 0.1) is 11.5 Å². The van der Waals surface area contributed by atoms with Gasteiger partial charge in [0.2, 0.25) is 10.0 Å². The van der Waals surface area contributed by atoms with Gasteiger partial charge in [-0.05, 0) is 56.1 Å². The van der Waals surface area contributed by atoms with Crippen molar-refractivity contribution >= 4 is 22.4 Å². The first-order valence-electron chi connectivity index (χ1n) is 8.59. The Balaban J connectivity index is 0.00000364. The number of sulfonamides is 1. The van der Waals surface area contributed by atoms with Crippen molar-refractivity contribution < 1.29 is 17.9 Å². The fraction of sp³-hybridized carbons (Fsp3) is 0.368. The van der Waals surface area contributed by atoms with Crippen LogP contribution in [-0.4, -0.2) is 34.7 Å². The normalized spacial score (nSPS) is 10.9. The highest BCUT2D eigenvalue weighted by molar-refractivity contribution is 7.89. The van der Waals surface area contributed by atoms with Crippen molar-refractivity contribution in [1.82, 2.24) is 5.32 Å². The van der Waals surface area contributed by atoms with Gasteiger partial charge in [0, 0.05) is 6.54 Å². The van der Waals surface area contributed by atoms with Gasteiger partial charge in [-0.15, -0.1) is 12.4 Å². The first-order chi connectivity index (χ1) is 12.4. The molecule has 0 aliphatic heterocycles. The Kier molecular flexibility index (Phi) is 9.59. The molecule has 0 spiro atoms. The number of nitrogens with one attached hydrogen (secondary N) is 1. The summed E-state index contributed by atoms with van der Waals surface area (Å²) in [7, 11) is -3.69. The van der Waals surface area contributed by atoms with Crippen LogP contribution >= 0.6 is 12.4 Å². The summed E-state index contributed by atoms with van der Waals surface area (Å²) < 4.78 is 34.4. The first kappa shape index (κ1) is 23.2. The van der Waals surface area contributed by atoms with Crippen LogP contribution in [0.25, 0.3) is 0 Å². The Hall–Kier alpha value is -1.80. The van der Waals surface area contributed by atoms with Gasteiger partial charge in [0.15, 0.2) is 11.5 Å². The molecule has 27 heavy (non-hydrogen) atoms. The van der Waals surface area contributed by atoms with Crippen molar-refractivity contribution in [3.8, 4) is 11.5 Å². The van der Waals surface area contributed by atoms with Crippen LogP contribution in [0.4, 0.5) is 0 Å². The van der Waals surface area contributed by atoms with Crippen molar-refractivity contribution in [3.05, 3.63) is 53.6 Å². The van der Waals surface area contributed by atoms with Gasteiger partial charge in [0.25, 0.3) is 0 Å². The van der Waals surface area contributed by atoms with Crippen molar-refractivity contribution in [2.24, 2.45) is 5.14 Å². The number of halogens is 1. The van der Waals surface area contributed by atoms with Crippen LogP contribution in [0.1, 0.15) is 18.1 Å². The number of benzene rings is 2. The van der Waals surface area contributed by atoms with Crippen LogP contribution in [0.2, 0.25) is 0 Å². The minimum absolute atomic E-state index is 0. The smallest absolute Gasteiger partial charge is 0.238 e. The topological polar surface area (TPSA) is 90.7 Å². The molecule has 0 atom stereocenters. The molecule has 3 N–H and O–H groups in total. The van der Waals surface area contributed by atoms with E-state index < -0.39 is 10.0 Å². The molecule has 2 aromatic carbocycles. The van der Waals surface area contributed by atoms with Crippen LogP contribution in [0, 0.1) is 6.92 Å². The summed E-state index contributed by atoms with van der Waals surface area (Å²) in [5.41, 5.74) is 1.58. The lowest BCUT2D eigenvalue weighted by molar-refractivity contribution is 0.276. The standard InChI is InChI=1S/C19H26N2O4S.ClH/c1-3-24-17-6-4-5-7-18(17)25-13-12-21-11-10-16-9-8-15(2)19(14-16)26(20,22)23;/h4-9,14,21H,3,10-13H2,1-2H3,(H2,20,22,23);1H. The number of rotatable bonds is 10. The average Bonchev–Trinajstić information content (AvgIpc) is 2.60. The second-order valence-electron chi connectivity index (χ2n) is 5.87. The number of nitrogens with two attached hydrogens (primary N) is 1. The lowest BCUT2D eigenvalue weighted by atomic mass is 10.1. The maximum absolute atomic E-state index is 11.6. The average molecular weight is 415 g/mol. The summed E-state index contributed by atoms with van der Waals surface area (Å²) in [5, 5.41) is 8.52. The van der Waals surface area contributed by atoms with Crippen LogP contribution in [0.5, 0.6) is 11.5 Å². The Morgan fingerprint density at radius 2 is 1.70 bits per heavy atom. The molecule has 0 aliphatic carbocycles. The molecule has 2 aromatic rings. The highest BCUT2D eigenvalue weighted by Crippen LogP contribution is 2.26. The summed E-state index contributed by atoms with van der Waals surface area (Å²) in [6, 6.07) is 12.9. The SMILES string of the molecule is CCOc1ccccc1OCCNCCc1ccc(C)c(S(N)(=O)=O)c1.Cl. The minimum Gasteiger partial charge on any atom is -0.490 e. The molecule has 0 fully saturated rings. The zero-order valence-corrected chi connectivity index (χ0v) is 17.2.